The number of nitrogens with one attached hydrogen (secondary N) is 1. The van der Waals surface area contributed by atoms with Crippen LogP contribution in [0.5, 0.6) is 0 Å². The van der Waals surface area contributed by atoms with Crippen molar-refractivity contribution >= 4 is 15.7 Å². The van der Waals surface area contributed by atoms with Crippen molar-refractivity contribution in [1.29, 1.82) is 0 Å². The summed E-state index contributed by atoms with van der Waals surface area (Å²) in [4.78, 5) is -0.400. The van der Waals surface area contributed by atoms with Crippen LogP contribution in [0.4, 0.5) is 10.1 Å². The fourth-order valence-corrected chi connectivity index (χ4v) is 2.68. The quantitative estimate of drug-likeness (QED) is 0.623. The zero-order chi connectivity index (χ0) is 13.1. The first-order valence-electron chi connectivity index (χ1n) is 5.05. The first kappa shape index (κ1) is 13.7. The molecule has 1 unspecified atom stereocenters. The van der Waals surface area contributed by atoms with Crippen LogP contribution in [-0.2, 0) is 10.0 Å². The zero-order valence-electron chi connectivity index (χ0n) is 9.48. The minimum absolute atomic E-state index is 0.181. The predicted octanol–water partition coefficient (Wildman–Crippen LogP) is 1.65. The maximum atomic E-state index is 13.5. The molecule has 1 aromatic carbocycles. The number of nitrogens with two attached hydrogens (primary N) is 1. The molecule has 0 aliphatic heterocycles. The van der Waals surface area contributed by atoms with E-state index in [1.807, 2.05) is 0 Å². The first-order valence-corrected chi connectivity index (χ1v) is 6.53. The van der Waals surface area contributed by atoms with Crippen LogP contribution in [-0.4, -0.2) is 14.5 Å². The van der Waals surface area contributed by atoms with E-state index in [1.54, 1.807) is 13.0 Å². The Hall–Kier alpha value is -1.40. The molecule has 0 aliphatic rings. The second-order valence-corrected chi connectivity index (χ2v) is 5.42. The molecular formula is C11H15FN2O2S. The van der Waals surface area contributed by atoms with Gasteiger partial charge in [-0.25, -0.2) is 17.5 Å². The lowest BCUT2D eigenvalue weighted by molar-refractivity contribution is 0.544. The van der Waals surface area contributed by atoms with E-state index in [-0.39, 0.29) is 11.7 Å². The smallest absolute Gasteiger partial charge is 0.243 e. The number of benzene rings is 1. The molecular weight excluding hydrogens is 243 g/mol. The van der Waals surface area contributed by atoms with Gasteiger partial charge in [0.1, 0.15) is 10.7 Å². The molecule has 6 heteroatoms. The Kier molecular flexibility index (Phi) is 4.25. The molecule has 0 saturated carbocycles. The highest BCUT2D eigenvalue weighted by molar-refractivity contribution is 7.89. The molecule has 1 aromatic rings. The topological polar surface area (TPSA) is 72.2 Å². The van der Waals surface area contributed by atoms with Crippen LogP contribution in [0.3, 0.4) is 0 Å². The molecule has 0 radical (unpaired) electrons. The van der Waals surface area contributed by atoms with Crippen LogP contribution in [0.2, 0.25) is 0 Å². The third kappa shape index (κ3) is 3.54. The SMILES string of the molecule is C=CCC(C)NS(=O)(=O)c1ccc(N)cc1F. The molecule has 0 heterocycles. The zero-order valence-corrected chi connectivity index (χ0v) is 10.3. The minimum atomic E-state index is -3.86. The van der Waals surface area contributed by atoms with Crippen LogP contribution in [0.1, 0.15) is 13.3 Å². The van der Waals surface area contributed by atoms with Gasteiger partial charge in [0.05, 0.1) is 0 Å². The second-order valence-electron chi connectivity index (χ2n) is 3.74. The average Bonchev–Trinajstić information content (AvgIpc) is 2.15. The van der Waals surface area contributed by atoms with Crippen LogP contribution in [0.25, 0.3) is 0 Å². The number of rotatable bonds is 5. The molecule has 0 bridgehead atoms. The van der Waals surface area contributed by atoms with Crippen LogP contribution < -0.4 is 10.5 Å². The molecule has 0 aliphatic carbocycles. The largest absolute Gasteiger partial charge is 0.399 e. The molecule has 3 N–H and O–H groups in total. The third-order valence-corrected chi connectivity index (χ3v) is 3.74. The molecule has 94 valence electrons. The Morgan fingerprint density at radius 2 is 2.24 bits per heavy atom. The van der Waals surface area contributed by atoms with Crippen molar-refractivity contribution in [3.05, 3.63) is 36.7 Å². The van der Waals surface area contributed by atoms with E-state index in [2.05, 4.69) is 11.3 Å². The summed E-state index contributed by atoms with van der Waals surface area (Å²) < 4.78 is 39.5. The van der Waals surface area contributed by atoms with Gasteiger partial charge in [-0.1, -0.05) is 6.08 Å². The molecule has 1 atom stereocenters. The van der Waals surface area contributed by atoms with Gasteiger partial charge < -0.3 is 5.73 Å². The third-order valence-electron chi connectivity index (χ3n) is 2.12. The fourth-order valence-electron chi connectivity index (χ4n) is 1.36. The van der Waals surface area contributed by atoms with Gasteiger partial charge in [0.25, 0.3) is 0 Å². The van der Waals surface area contributed by atoms with Crippen LogP contribution in [0.15, 0.2) is 35.7 Å². The van der Waals surface area contributed by atoms with Gasteiger partial charge in [-0.05, 0) is 31.5 Å². The van der Waals surface area contributed by atoms with Crippen LogP contribution in [0, 0.1) is 5.82 Å². The van der Waals surface area contributed by atoms with Crippen LogP contribution >= 0.6 is 0 Å². The lowest BCUT2D eigenvalue weighted by atomic mass is 10.3. The minimum Gasteiger partial charge on any atom is -0.399 e. The monoisotopic (exact) mass is 258 g/mol. The van der Waals surface area contributed by atoms with Gasteiger partial charge in [-0.3, -0.25) is 0 Å². The number of hydrogen-bond donors (Lipinski definition) is 2. The number of halogens is 1. The summed E-state index contributed by atoms with van der Waals surface area (Å²) in [6.07, 6.45) is 2.06. The molecule has 17 heavy (non-hydrogen) atoms. The highest BCUT2D eigenvalue weighted by Crippen LogP contribution is 2.17. The maximum absolute atomic E-state index is 13.5. The van der Waals surface area contributed by atoms with Crippen molar-refractivity contribution in [2.24, 2.45) is 0 Å². The Labute approximate surface area is 100 Å². The summed E-state index contributed by atoms with van der Waals surface area (Å²) in [7, 11) is -3.86. The average molecular weight is 258 g/mol. The van der Waals surface area contributed by atoms with E-state index in [1.165, 1.54) is 6.07 Å². The normalized spacial score (nSPS) is 13.3. The highest BCUT2D eigenvalue weighted by atomic mass is 32.2. The molecule has 0 saturated heterocycles. The molecule has 0 fully saturated rings. The van der Waals surface area contributed by atoms with Gasteiger partial charge >= 0.3 is 0 Å². The van der Waals surface area contributed by atoms with E-state index in [4.69, 9.17) is 5.73 Å². The predicted molar refractivity (Wildman–Crippen MR) is 65.4 cm³/mol. The number of sulfonamides is 1. The molecule has 0 spiro atoms. The van der Waals surface area contributed by atoms with E-state index >= 15 is 0 Å². The fraction of sp³-hybridized carbons (Fsp3) is 0.273. The van der Waals surface area contributed by atoms with Gasteiger partial charge in [0.15, 0.2) is 0 Å². The lowest BCUT2D eigenvalue weighted by Crippen LogP contribution is -2.32. The van der Waals surface area contributed by atoms with Gasteiger partial charge in [0.2, 0.25) is 10.0 Å². The van der Waals surface area contributed by atoms with E-state index in [0.717, 1.165) is 12.1 Å². The van der Waals surface area contributed by atoms with Gasteiger partial charge in [-0.15, -0.1) is 6.58 Å². The molecule has 4 nitrogen and oxygen atoms in total. The Bertz CT molecular complexity index is 514. The second kappa shape index (κ2) is 5.29. The summed E-state index contributed by atoms with van der Waals surface area (Å²) in [5.41, 5.74) is 5.53. The van der Waals surface area contributed by atoms with Crippen molar-refractivity contribution < 1.29 is 12.8 Å². The summed E-state index contributed by atoms with van der Waals surface area (Å²) >= 11 is 0. The van der Waals surface area contributed by atoms with Crippen molar-refractivity contribution in [2.45, 2.75) is 24.3 Å². The van der Waals surface area contributed by atoms with E-state index in [9.17, 15) is 12.8 Å². The van der Waals surface area contributed by atoms with Crippen molar-refractivity contribution in [3.63, 3.8) is 0 Å². The Balaban J connectivity index is 3.01. The van der Waals surface area contributed by atoms with Crippen molar-refractivity contribution in [1.82, 2.24) is 4.72 Å². The van der Waals surface area contributed by atoms with Gasteiger partial charge in [-0.2, -0.15) is 0 Å². The summed E-state index contributed by atoms with van der Waals surface area (Å²) in [5, 5.41) is 0. The van der Waals surface area contributed by atoms with Gasteiger partial charge in [0, 0.05) is 11.7 Å². The summed E-state index contributed by atoms with van der Waals surface area (Å²) in [5.74, 6) is -0.858. The first-order chi connectivity index (χ1) is 7.86. The number of nitrogen functional groups attached to an aromatic ring is 1. The molecule has 0 amide bonds. The van der Waals surface area contributed by atoms with Crippen molar-refractivity contribution in [3.8, 4) is 0 Å². The summed E-state index contributed by atoms with van der Waals surface area (Å²) in [6.45, 7) is 5.18. The number of hydrogen-bond acceptors (Lipinski definition) is 3. The molecule has 1 rings (SSSR count). The highest BCUT2D eigenvalue weighted by Gasteiger charge is 2.20. The van der Waals surface area contributed by atoms with E-state index in [0.29, 0.717) is 6.42 Å². The lowest BCUT2D eigenvalue weighted by Gasteiger charge is -2.12. The molecule has 0 aromatic heterocycles. The standard InChI is InChI=1S/C11H15FN2O2S/c1-3-4-8(2)14-17(15,16)11-6-5-9(13)7-10(11)12/h3,5-8,14H,1,4,13H2,2H3. The van der Waals surface area contributed by atoms with E-state index < -0.39 is 20.7 Å². The summed E-state index contributed by atoms with van der Waals surface area (Å²) in [6, 6.07) is 3.13. The Morgan fingerprint density at radius 1 is 1.59 bits per heavy atom. The number of anilines is 1. The Morgan fingerprint density at radius 3 is 2.76 bits per heavy atom. The van der Waals surface area contributed by atoms with Crippen molar-refractivity contribution in [2.75, 3.05) is 5.73 Å². The maximum Gasteiger partial charge on any atom is 0.243 e.